The zero-order chi connectivity index (χ0) is 19.2. The lowest BCUT2D eigenvalue weighted by Crippen LogP contribution is -2.24. The molecule has 1 saturated heterocycles. The summed E-state index contributed by atoms with van der Waals surface area (Å²) in [6.45, 7) is 7.78. The number of hydrogen-bond donors (Lipinski definition) is 1. The minimum Gasteiger partial charge on any atom is -0.444 e. The molecular formula is C22H25FN2O2. The van der Waals surface area contributed by atoms with Crippen LogP contribution in [0.3, 0.4) is 0 Å². The van der Waals surface area contributed by atoms with Crippen LogP contribution in [0, 0.1) is 5.82 Å². The van der Waals surface area contributed by atoms with Gasteiger partial charge in [-0.2, -0.15) is 0 Å². The molecule has 1 atom stereocenters. The van der Waals surface area contributed by atoms with Gasteiger partial charge < -0.3 is 10.1 Å². The highest BCUT2D eigenvalue weighted by Gasteiger charge is 2.31. The van der Waals surface area contributed by atoms with Gasteiger partial charge in [0.2, 0.25) is 0 Å². The summed E-state index contributed by atoms with van der Waals surface area (Å²) in [6, 6.07) is 12.7. The molecule has 0 spiro atoms. The van der Waals surface area contributed by atoms with E-state index in [0.29, 0.717) is 17.8 Å². The molecule has 2 aromatic rings. The van der Waals surface area contributed by atoms with E-state index in [9.17, 15) is 9.18 Å². The molecule has 142 valence electrons. The van der Waals surface area contributed by atoms with Crippen molar-refractivity contribution in [2.45, 2.75) is 32.4 Å². The van der Waals surface area contributed by atoms with E-state index in [4.69, 9.17) is 4.74 Å². The molecule has 0 bridgehead atoms. The van der Waals surface area contributed by atoms with Crippen LogP contribution in [0.5, 0.6) is 0 Å². The molecule has 1 aliphatic heterocycles. The molecular weight excluding hydrogens is 343 g/mol. The first-order valence-corrected chi connectivity index (χ1v) is 9.31. The number of benzene rings is 2. The van der Waals surface area contributed by atoms with Crippen molar-refractivity contribution in [1.82, 2.24) is 5.32 Å². The summed E-state index contributed by atoms with van der Waals surface area (Å²) in [5.74, 6) is -0.350. The van der Waals surface area contributed by atoms with E-state index in [-0.39, 0.29) is 11.9 Å². The quantitative estimate of drug-likeness (QED) is 0.533. The molecule has 0 aromatic heterocycles. The van der Waals surface area contributed by atoms with Crippen molar-refractivity contribution in [1.29, 1.82) is 0 Å². The fourth-order valence-electron chi connectivity index (χ4n) is 3.09. The lowest BCUT2D eigenvalue weighted by atomic mass is 10.0. The Kier molecular flexibility index (Phi) is 6.24. The molecule has 1 amide bonds. The van der Waals surface area contributed by atoms with Gasteiger partial charge in [-0.15, -0.1) is 6.58 Å². The van der Waals surface area contributed by atoms with Gasteiger partial charge in [0.15, 0.2) is 0 Å². The number of rotatable bonds is 8. The van der Waals surface area contributed by atoms with Gasteiger partial charge in [0, 0.05) is 12.1 Å². The van der Waals surface area contributed by atoms with E-state index in [2.05, 4.69) is 11.9 Å². The molecule has 0 aliphatic carbocycles. The smallest absolute Gasteiger partial charge is 0.414 e. The predicted molar refractivity (Wildman–Crippen MR) is 106 cm³/mol. The zero-order valence-corrected chi connectivity index (χ0v) is 15.6. The molecule has 4 nitrogen and oxygen atoms in total. The van der Waals surface area contributed by atoms with Crippen LogP contribution in [0.2, 0.25) is 0 Å². The average Bonchev–Trinajstić information content (AvgIpc) is 3.07. The molecule has 0 unspecified atom stereocenters. The minimum atomic E-state index is -0.415. The van der Waals surface area contributed by atoms with Crippen LogP contribution in [0.4, 0.5) is 14.9 Å². The van der Waals surface area contributed by atoms with Gasteiger partial charge in [0.05, 0.1) is 12.2 Å². The van der Waals surface area contributed by atoms with Crippen molar-refractivity contribution in [3.8, 4) is 11.1 Å². The van der Waals surface area contributed by atoms with Gasteiger partial charge in [-0.3, -0.25) is 4.90 Å². The van der Waals surface area contributed by atoms with Crippen LogP contribution in [0.1, 0.15) is 25.3 Å². The number of amides is 1. The van der Waals surface area contributed by atoms with E-state index < -0.39 is 6.09 Å². The van der Waals surface area contributed by atoms with Crippen LogP contribution in [0.15, 0.2) is 55.1 Å². The van der Waals surface area contributed by atoms with Crippen molar-refractivity contribution in [2.75, 3.05) is 18.0 Å². The summed E-state index contributed by atoms with van der Waals surface area (Å²) in [4.78, 5) is 13.4. The number of nitrogens with zero attached hydrogens (tertiary/aromatic N) is 1. The van der Waals surface area contributed by atoms with Crippen molar-refractivity contribution in [2.24, 2.45) is 0 Å². The fraction of sp³-hybridized carbons (Fsp3) is 0.318. The first-order valence-electron chi connectivity index (χ1n) is 9.31. The lowest BCUT2D eigenvalue weighted by molar-refractivity contribution is 0.139. The standard InChI is InChI=1S/C22H25FN2O2/c1-3-5-12-24-14-16-6-8-17(9-7-16)20-11-10-18(13-21(20)23)25-15-19(4-2)27-22(25)26/h3,6-11,13,19,24H,1,4-5,12,14-15H2,2H3/t19-/m0/s1. The van der Waals surface area contributed by atoms with Crippen LogP contribution in [-0.2, 0) is 11.3 Å². The Morgan fingerprint density at radius 1 is 1.30 bits per heavy atom. The van der Waals surface area contributed by atoms with E-state index in [1.54, 1.807) is 12.1 Å². The maximum atomic E-state index is 14.7. The Balaban J connectivity index is 1.70. The van der Waals surface area contributed by atoms with Gasteiger partial charge in [-0.25, -0.2) is 9.18 Å². The number of halogens is 1. The molecule has 1 heterocycles. The van der Waals surface area contributed by atoms with Crippen molar-refractivity contribution in [3.63, 3.8) is 0 Å². The SMILES string of the molecule is C=CCCNCc1ccc(-c2ccc(N3C[C@H](CC)OC3=O)cc2F)cc1. The van der Waals surface area contributed by atoms with Gasteiger partial charge in [-0.1, -0.05) is 37.3 Å². The van der Waals surface area contributed by atoms with Crippen molar-refractivity contribution >= 4 is 11.8 Å². The highest BCUT2D eigenvalue weighted by Crippen LogP contribution is 2.29. The van der Waals surface area contributed by atoms with Crippen LogP contribution in [-0.4, -0.2) is 25.3 Å². The molecule has 5 heteroatoms. The van der Waals surface area contributed by atoms with E-state index in [1.807, 2.05) is 37.3 Å². The second-order valence-corrected chi connectivity index (χ2v) is 6.64. The fourth-order valence-corrected chi connectivity index (χ4v) is 3.09. The summed E-state index contributed by atoms with van der Waals surface area (Å²) < 4.78 is 19.9. The number of carbonyl (C=O) groups excluding carboxylic acids is 1. The molecule has 1 fully saturated rings. The third-order valence-corrected chi connectivity index (χ3v) is 4.71. The number of cyclic esters (lactones) is 1. The summed E-state index contributed by atoms with van der Waals surface area (Å²) in [6.07, 6.45) is 3.01. The predicted octanol–water partition coefficient (Wildman–Crippen LogP) is 4.89. The normalized spacial score (nSPS) is 16.4. The Bertz CT molecular complexity index is 804. The van der Waals surface area contributed by atoms with Gasteiger partial charge in [0.25, 0.3) is 0 Å². The highest BCUT2D eigenvalue weighted by atomic mass is 19.1. The second kappa shape index (κ2) is 8.82. The lowest BCUT2D eigenvalue weighted by Gasteiger charge is -2.14. The topological polar surface area (TPSA) is 41.6 Å². The Morgan fingerprint density at radius 3 is 2.70 bits per heavy atom. The van der Waals surface area contributed by atoms with Gasteiger partial charge >= 0.3 is 6.09 Å². The largest absolute Gasteiger partial charge is 0.444 e. The maximum absolute atomic E-state index is 14.7. The highest BCUT2D eigenvalue weighted by molar-refractivity contribution is 5.90. The van der Waals surface area contributed by atoms with Crippen LogP contribution >= 0.6 is 0 Å². The number of anilines is 1. The molecule has 0 radical (unpaired) electrons. The number of ether oxygens (including phenoxy) is 1. The van der Waals surface area contributed by atoms with Crippen molar-refractivity contribution < 1.29 is 13.9 Å². The Hall–Kier alpha value is -2.66. The first kappa shape index (κ1) is 19.1. The molecule has 3 rings (SSSR count). The Morgan fingerprint density at radius 2 is 2.07 bits per heavy atom. The van der Waals surface area contributed by atoms with E-state index >= 15 is 0 Å². The number of hydrogen-bond acceptors (Lipinski definition) is 3. The van der Waals surface area contributed by atoms with Gasteiger partial charge in [0.1, 0.15) is 11.9 Å². The zero-order valence-electron chi connectivity index (χ0n) is 15.6. The van der Waals surface area contributed by atoms with E-state index in [0.717, 1.165) is 37.1 Å². The maximum Gasteiger partial charge on any atom is 0.414 e. The summed E-state index contributed by atoms with van der Waals surface area (Å²) in [7, 11) is 0. The number of carbonyl (C=O) groups is 1. The molecule has 0 saturated carbocycles. The summed E-state index contributed by atoms with van der Waals surface area (Å²) in [5.41, 5.74) is 3.00. The monoisotopic (exact) mass is 368 g/mol. The average molecular weight is 368 g/mol. The third kappa shape index (κ3) is 4.55. The van der Waals surface area contributed by atoms with Crippen LogP contribution < -0.4 is 10.2 Å². The first-order chi connectivity index (χ1) is 13.1. The van der Waals surface area contributed by atoms with Crippen molar-refractivity contribution in [3.05, 3.63) is 66.5 Å². The molecule has 1 aliphatic rings. The second-order valence-electron chi connectivity index (χ2n) is 6.64. The molecule has 27 heavy (non-hydrogen) atoms. The minimum absolute atomic E-state index is 0.132. The number of nitrogens with one attached hydrogen (secondary N) is 1. The Labute approximate surface area is 159 Å². The summed E-state index contributed by atoms with van der Waals surface area (Å²) in [5, 5.41) is 3.33. The molecule has 1 N–H and O–H groups in total. The van der Waals surface area contributed by atoms with E-state index in [1.165, 1.54) is 11.0 Å². The van der Waals surface area contributed by atoms with Gasteiger partial charge in [-0.05, 0) is 48.7 Å². The molecule has 2 aromatic carbocycles. The summed E-state index contributed by atoms with van der Waals surface area (Å²) >= 11 is 0. The third-order valence-electron chi connectivity index (χ3n) is 4.71. The van der Waals surface area contributed by atoms with Crippen LogP contribution in [0.25, 0.3) is 11.1 Å².